The molecule has 1 fully saturated rings. The van der Waals surface area contributed by atoms with Gasteiger partial charge in [-0.1, -0.05) is 12.1 Å². The van der Waals surface area contributed by atoms with Gasteiger partial charge in [0, 0.05) is 39.3 Å². The van der Waals surface area contributed by atoms with E-state index in [0.29, 0.717) is 24.0 Å². The molecule has 3 rings (SSSR count). The van der Waals surface area contributed by atoms with Gasteiger partial charge in [-0.05, 0) is 43.2 Å². The maximum atomic E-state index is 14.2. The van der Waals surface area contributed by atoms with E-state index in [9.17, 15) is 9.18 Å². The van der Waals surface area contributed by atoms with Gasteiger partial charge in [0.1, 0.15) is 11.6 Å². The number of nitrogens with zero attached hydrogens (tertiary/aromatic N) is 3. The molecule has 1 aromatic heterocycles. The van der Waals surface area contributed by atoms with Crippen LogP contribution in [0.25, 0.3) is 0 Å². The molecule has 2 atom stereocenters. The Hall–Kier alpha value is -2.58. The average molecular weight is 386 g/mol. The van der Waals surface area contributed by atoms with Crippen molar-refractivity contribution >= 4 is 11.7 Å². The molecule has 2 aromatic rings. The van der Waals surface area contributed by atoms with Gasteiger partial charge in [-0.25, -0.2) is 4.39 Å². The number of aryl methyl sites for hydroxylation is 1. The monoisotopic (exact) mass is 386 g/mol. The topological polar surface area (TPSA) is 82.2 Å². The van der Waals surface area contributed by atoms with Crippen molar-refractivity contribution in [2.45, 2.75) is 25.9 Å². The standard InChI is InChI=1S/C20H27FN6O/c1-13-4-5-15(10-16(13)21)18(12-27-9-8-23-14(2)11-27)24-19-7-6-17(25-26-19)20(28)22-3/h4-7,10,14,18,23H,8-9,11-12H2,1-3H3,(H,22,28)(H,24,26)/t14-,18?/m1/s1. The van der Waals surface area contributed by atoms with Gasteiger partial charge in [-0.2, -0.15) is 0 Å². The maximum Gasteiger partial charge on any atom is 0.271 e. The van der Waals surface area contributed by atoms with Gasteiger partial charge >= 0.3 is 0 Å². The van der Waals surface area contributed by atoms with Crippen molar-refractivity contribution < 1.29 is 9.18 Å². The number of halogens is 1. The molecule has 28 heavy (non-hydrogen) atoms. The second-order valence-electron chi connectivity index (χ2n) is 7.20. The molecule has 0 radical (unpaired) electrons. The SMILES string of the molecule is CNC(=O)c1ccc(NC(CN2CCN[C@H](C)C2)c2ccc(C)c(F)c2)nn1. The number of piperazine rings is 1. The Morgan fingerprint density at radius 3 is 2.82 bits per heavy atom. The van der Waals surface area contributed by atoms with Gasteiger partial charge in [-0.3, -0.25) is 9.69 Å². The van der Waals surface area contributed by atoms with Crippen molar-refractivity contribution in [2.75, 3.05) is 38.5 Å². The third-order valence-corrected chi connectivity index (χ3v) is 4.94. The van der Waals surface area contributed by atoms with Gasteiger partial charge in [-0.15, -0.1) is 10.2 Å². The molecule has 0 bridgehead atoms. The molecule has 1 saturated heterocycles. The third-order valence-electron chi connectivity index (χ3n) is 4.94. The van der Waals surface area contributed by atoms with E-state index in [1.165, 1.54) is 0 Å². The van der Waals surface area contributed by atoms with Gasteiger partial charge < -0.3 is 16.0 Å². The lowest BCUT2D eigenvalue weighted by atomic mass is 10.0. The first kappa shape index (κ1) is 20.2. The van der Waals surface area contributed by atoms with Gasteiger partial charge in [0.2, 0.25) is 0 Å². The first-order chi connectivity index (χ1) is 13.5. The lowest BCUT2D eigenvalue weighted by molar-refractivity contribution is 0.0957. The highest BCUT2D eigenvalue weighted by Gasteiger charge is 2.22. The van der Waals surface area contributed by atoms with E-state index in [1.54, 1.807) is 38.2 Å². The summed E-state index contributed by atoms with van der Waals surface area (Å²) < 4.78 is 14.2. The summed E-state index contributed by atoms with van der Waals surface area (Å²) in [6, 6.07) is 8.90. The first-order valence-corrected chi connectivity index (χ1v) is 9.50. The molecule has 1 amide bonds. The third kappa shape index (κ3) is 5.02. The largest absolute Gasteiger partial charge is 0.360 e. The van der Waals surface area contributed by atoms with E-state index in [2.05, 4.69) is 38.0 Å². The van der Waals surface area contributed by atoms with Crippen molar-refractivity contribution in [3.63, 3.8) is 0 Å². The van der Waals surface area contributed by atoms with E-state index in [4.69, 9.17) is 0 Å². The normalized spacial score (nSPS) is 18.5. The summed E-state index contributed by atoms with van der Waals surface area (Å²) in [6.45, 7) is 7.40. The molecule has 3 N–H and O–H groups in total. The molecule has 150 valence electrons. The lowest BCUT2D eigenvalue weighted by Crippen LogP contribution is -2.50. The Balaban J connectivity index is 1.80. The molecule has 0 aliphatic carbocycles. The molecule has 7 nitrogen and oxygen atoms in total. The number of anilines is 1. The van der Waals surface area contributed by atoms with Gasteiger partial charge in [0.15, 0.2) is 5.69 Å². The number of benzene rings is 1. The van der Waals surface area contributed by atoms with Crippen LogP contribution in [0.4, 0.5) is 10.2 Å². The Morgan fingerprint density at radius 1 is 1.36 bits per heavy atom. The highest BCUT2D eigenvalue weighted by atomic mass is 19.1. The minimum atomic E-state index is -0.286. The predicted octanol–water partition coefficient (Wildman–Crippen LogP) is 1.73. The van der Waals surface area contributed by atoms with E-state index < -0.39 is 0 Å². The summed E-state index contributed by atoms with van der Waals surface area (Å²) in [4.78, 5) is 14.0. The number of rotatable bonds is 6. The zero-order valence-corrected chi connectivity index (χ0v) is 16.5. The minimum absolute atomic E-state index is 0.152. The molecule has 0 spiro atoms. The fraction of sp³-hybridized carbons (Fsp3) is 0.450. The van der Waals surface area contributed by atoms with Crippen LogP contribution in [0, 0.1) is 12.7 Å². The smallest absolute Gasteiger partial charge is 0.271 e. The van der Waals surface area contributed by atoms with Crippen LogP contribution in [0.2, 0.25) is 0 Å². The lowest BCUT2D eigenvalue weighted by Gasteiger charge is -2.34. The minimum Gasteiger partial charge on any atom is -0.360 e. The van der Waals surface area contributed by atoms with Gasteiger partial charge in [0.25, 0.3) is 5.91 Å². The summed E-state index contributed by atoms with van der Waals surface area (Å²) in [5.41, 5.74) is 1.72. The number of hydrogen-bond donors (Lipinski definition) is 3. The van der Waals surface area contributed by atoms with Crippen LogP contribution < -0.4 is 16.0 Å². The zero-order chi connectivity index (χ0) is 20.1. The van der Waals surface area contributed by atoms with Crippen molar-refractivity contribution in [3.05, 3.63) is 53.0 Å². The predicted molar refractivity (Wildman–Crippen MR) is 107 cm³/mol. The van der Waals surface area contributed by atoms with Crippen LogP contribution in [0.1, 0.15) is 34.6 Å². The van der Waals surface area contributed by atoms with Crippen LogP contribution in [0.5, 0.6) is 0 Å². The average Bonchev–Trinajstić information content (AvgIpc) is 2.69. The van der Waals surface area contributed by atoms with Crippen LogP contribution in [-0.4, -0.2) is 60.3 Å². The molecular weight excluding hydrogens is 359 g/mol. The van der Waals surface area contributed by atoms with Crippen LogP contribution >= 0.6 is 0 Å². The van der Waals surface area contributed by atoms with E-state index in [-0.39, 0.29) is 23.5 Å². The molecule has 1 unspecified atom stereocenters. The first-order valence-electron chi connectivity index (χ1n) is 9.50. The number of amides is 1. The Kier molecular flexibility index (Phi) is 6.53. The molecular formula is C20H27FN6O. The van der Waals surface area contributed by atoms with Crippen molar-refractivity contribution in [2.24, 2.45) is 0 Å². The van der Waals surface area contributed by atoms with Crippen molar-refractivity contribution in [1.82, 2.24) is 25.7 Å². The van der Waals surface area contributed by atoms with E-state index in [1.807, 2.05) is 6.07 Å². The Labute approximate surface area is 164 Å². The van der Waals surface area contributed by atoms with Crippen LogP contribution in [0.3, 0.4) is 0 Å². The zero-order valence-electron chi connectivity index (χ0n) is 16.5. The molecule has 1 aliphatic rings. The summed E-state index contributed by atoms with van der Waals surface area (Å²) in [5.74, 6) is 0.0341. The molecule has 2 heterocycles. The highest BCUT2D eigenvalue weighted by molar-refractivity contribution is 5.91. The number of carbonyl (C=O) groups is 1. The number of carbonyl (C=O) groups excluding carboxylic acids is 1. The van der Waals surface area contributed by atoms with E-state index in [0.717, 1.165) is 25.2 Å². The highest BCUT2D eigenvalue weighted by Crippen LogP contribution is 2.22. The second kappa shape index (κ2) is 9.07. The van der Waals surface area contributed by atoms with Crippen molar-refractivity contribution in [1.29, 1.82) is 0 Å². The van der Waals surface area contributed by atoms with Crippen molar-refractivity contribution in [3.8, 4) is 0 Å². The summed E-state index contributed by atoms with van der Waals surface area (Å²) in [7, 11) is 1.55. The van der Waals surface area contributed by atoms with E-state index >= 15 is 0 Å². The summed E-state index contributed by atoms with van der Waals surface area (Å²) >= 11 is 0. The maximum absolute atomic E-state index is 14.2. The molecule has 1 aliphatic heterocycles. The number of aromatic nitrogens is 2. The second-order valence-corrected chi connectivity index (χ2v) is 7.20. The summed E-state index contributed by atoms with van der Waals surface area (Å²) in [5, 5.41) is 17.4. The Morgan fingerprint density at radius 2 is 2.18 bits per heavy atom. The van der Waals surface area contributed by atoms with Crippen LogP contribution in [0.15, 0.2) is 30.3 Å². The Bertz CT molecular complexity index is 813. The molecule has 8 heteroatoms. The number of nitrogens with one attached hydrogen (secondary N) is 3. The quantitative estimate of drug-likeness (QED) is 0.702. The fourth-order valence-electron chi connectivity index (χ4n) is 3.33. The fourth-order valence-corrected chi connectivity index (χ4v) is 3.33. The number of hydrogen-bond acceptors (Lipinski definition) is 6. The van der Waals surface area contributed by atoms with Crippen LogP contribution in [-0.2, 0) is 0 Å². The molecule has 0 saturated carbocycles. The molecule has 1 aromatic carbocycles. The van der Waals surface area contributed by atoms with Gasteiger partial charge in [0.05, 0.1) is 6.04 Å². The summed E-state index contributed by atoms with van der Waals surface area (Å²) in [6.07, 6.45) is 0.